The first-order valence-corrected chi connectivity index (χ1v) is 5.89. The third kappa shape index (κ3) is 4.63. The van der Waals surface area contributed by atoms with E-state index >= 15 is 0 Å². The second-order valence-electron chi connectivity index (χ2n) is 3.93. The number of nitrogens with one attached hydrogen (secondary N) is 2. The minimum Gasteiger partial charge on any atom is -0.358 e. The molecule has 0 amide bonds. The van der Waals surface area contributed by atoms with Gasteiger partial charge in [0.1, 0.15) is 5.82 Å². The molecule has 0 spiro atoms. The zero-order valence-corrected chi connectivity index (χ0v) is 11.3. The minimum atomic E-state index is -0.304. The Balaban J connectivity index is 2.60. The molecular formula is C13H16FN3S. The van der Waals surface area contributed by atoms with Crippen LogP contribution in [-0.2, 0) is 0 Å². The van der Waals surface area contributed by atoms with Crippen molar-refractivity contribution in [3.8, 4) is 0 Å². The molecule has 5 heteroatoms. The third-order valence-electron chi connectivity index (χ3n) is 2.14. The van der Waals surface area contributed by atoms with E-state index in [9.17, 15) is 4.39 Å². The van der Waals surface area contributed by atoms with Gasteiger partial charge in [-0.3, -0.25) is 5.43 Å². The van der Waals surface area contributed by atoms with Crippen molar-refractivity contribution in [1.29, 1.82) is 0 Å². The molecule has 0 bridgehead atoms. The zero-order chi connectivity index (χ0) is 13.5. The fourth-order valence-corrected chi connectivity index (χ4v) is 1.34. The van der Waals surface area contributed by atoms with E-state index in [1.54, 1.807) is 25.1 Å². The first-order valence-electron chi connectivity index (χ1n) is 5.48. The van der Waals surface area contributed by atoms with Crippen molar-refractivity contribution in [2.75, 3.05) is 6.54 Å². The summed E-state index contributed by atoms with van der Waals surface area (Å²) in [5.41, 5.74) is 4.62. The summed E-state index contributed by atoms with van der Waals surface area (Å²) in [5.74, 6) is -0.304. The Kier molecular flexibility index (Phi) is 5.45. The quantitative estimate of drug-likeness (QED) is 0.380. The lowest BCUT2D eigenvalue weighted by atomic mass is 10.1. The van der Waals surface area contributed by atoms with Crippen LogP contribution in [0.3, 0.4) is 0 Å². The number of halogens is 1. The standard InChI is InChI=1S/C13H16FN3S/c1-9(2)8-15-13(18)17-16-10(3)11-6-4-5-7-12(11)14/h4-7H,1,8H2,2-3H3,(H2,15,17,18). The Morgan fingerprint density at radius 1 is 1.39 bits per heavy atom. The minimum absolute atomic E-state index is 0.304. The van der Waals surface area contributed by atoms with Crippen LogP contribution in [0.2, 0.25) is 0 Å². The summed E-state index contributed by atoms with van der Waals surface area (Å²) < 4.78 is 13.4. The predicted molar refractivity (Wildman–Crippen MR) is 77.2 cm³/mol. The number of benzene rings is 1. The molecule has 1 rings (SSSR count). The molecule has 2 N–H and O–H groups in total. The average Bonchev–Trinajstić information content (AvgIpc) is 2.34. The second kappa shape index (κ2) is 6.86. The van der Waals surface area contributed by atoms with Crippen molar-refractivity contribution >= 4 is 23.0 Å². The summed E-state index contributed by atoms with van der Waals surface area (Å²) >= 11 is 5.01. The highest BCUT2D eigenvalue weighted by Crippen LogP contribution is 2.07. The lowest BCUT2D eigenvalue weighted by Crippen LogP contribution is -2.33. The van der Waals surface area contributed by atoms with Crippen LogP contribution in [0.5, 0.6) is 0 Å². The van der Waals surface area contributed by atoms with Gasteiger partial charge in [-0.25, -0.2) is 4.39 Å². The average molecular weight is 265 g/mol. The molecule has 0 heterocycles. The maximum Gasteiger partial charge on any atom is 0.187 e. The van der Waals surface area contributed by atoms with E-state index in [2.05, 4.69) is 22.4 Å². The Hall–Kier alpha value is -1.75. The molecule has 0 aliphatic rings. The highest BCUT2D eigenvalue weighted by molar-refractivity contribution is 7.80. The van der Waals surface area contributed by atoms with Gasteiger partial charge in [-0.1, -0.05) is 30.4 Å². The van der Waals surface area contributed by atoms with Gasteiger partial charge in [0.15, 0.2) is 5.11 Å². The SMILES string of the molecule is C=C(C)CNC(=S)NN=C(C)c1ccccc1F. The molecule has 0 aromatic heterocycles. The molecule has 0 aliphatic heterocycles. The van der Waals surface area contributed by atoms with Gasteiger partial charge >= 0.3 is 0 Å². The van der Waals surface area contributed by atoms with Crippen LogP contribution in [0, 0.1) is 5.82 Å². The first kappa shape index (κ1) is 14.3. The number of nitrogens with zero attached hydrogens (tertiary/aromatic N) is 1. The topological polar surface area (TPSA) is 36.4 Å². The molecule has 18 heavy (non-hydrogen) atoms. The van der Waals surface area contributed by atoms with E-state index in [0.29, 0.717) is 22.9 Å². The van der Waals surface area contributed by atoms with Crippen LogP contribution in [0.25, 0.3) is 0 Å². The van der Waals surface area contributed by atoms with Gasteiger partial charge in [0.05, 0.1) is 5.71 Å². The fourth-order valence-electron chi connectivity index (χ4n) is 1.22. The summed E-state index contributed by atoms with van der Waals surface area (Å²) in [4.78, 5) is 0. The monoisotopic (exact) mass is 265 g/mol. The molecule has 0 radical (unpaired) electrons. The summed E-state index contributed by atoms with van der Waals surface area (Å²) in [6, 6.07) is 6.46. The van der Waals surface area contributed by atoms with Crippen molar-refractivity contribution < 1.29 is 4.39 Å². The number of thiocarbonyl (C=S) groups is 1. The van der Waals surface area contributed by atoms with Gasteiger partial charge in [-0.2, -0.15) is 5.10 Å². The van der Waals surface area contributed by atoms with Crippen LogP contribution < -0.4 is 10.7 Å². The number of hydrogen-bond acceptors (Lipinski definition) is 2. The number of hydrogen-bond donors (Lipinski definition) is 2. The van der Waals surface area contributed by atoms with E-state index < -0.39 is 0 Å². The van der Waals surface area contributed by atoms with Crippen molar-refractivity contribution in [3.05, 3.63) is 47.8 Å². The van der Waals surface area contributed by atoms with Crippen molar-refractivity contribution in [1.82, 2.24) is 10.7 Å². The summed E-state index contributed by atoms with van der Waals surface area (Å²) in [6.45, 7) is 7.94. The van der Waals surface area contributed by atoms with Gasteiger partial charge in [0.2, 0.25) is 0 Å². The maximum atomic E-state index is 13.4. The molecule has 1 aromatic carbocycles. The van der Waals surface area contributed by atoms with E-state index in [0.717, 1.165) is 5.57 Å². The van der Waals surface area contributed by atoms with Gasteiger partial charge in [-0.15, -0.1) is 0 Å². The van der Waals surface area contributed by atoms with Gasteiger partial charge in [-0.05, 0) is 32.1 Å². The predicted octanol–water partition coefficient (Wildman–Crippen LogP) is 2.59. The molecule has 0 fully saturated rings. The molecule has 0 saturated carbocycles. The Morgan fingerprint density at radius 3 is 2.67 bits per heavy atom. The molecule has 3 nitrogen and oxygen atoms in total. The molecule has 96 valence electrons. The summed E-state index contributed by atoms with van der Waals surface area (Å²) in [5, 5.41) is 7.33. The van der Waals surface area contributed by atoms with E-state index in [1.807, 2.05) is 6.92 Å². The largest absolute Gasteiger partial charge is 0.358 e. The van der Waals surface area contributed by atoms with Crippen LogP contribution in [0.15, 0.2) is 41.5 Å². The summed E-state index contributed by atoms with van der Waals surface area (Å²) in [7, 11) is 0. The van der Waals surface area contributed by atoms with Crippen molar-refractivity contribution in [2.24, 2.45) is 5.10 Å². The Labute approximate surface area is 112 Å². The highest BCUT2D eigenvalue weighted by Gasteiger charge is 2.03. The summed E-state index contributed by atoms with van der Waals surface area (Å²) in [6.07, 6.45) is 0. The Bertz CT molecular complexity index is 483. The second-order valence-corrected chi connectivity index (χ2v) is 4.34. The lowest BCUT2D eigenvalue weighted by molar-refractivity contribution is 0.625. The van der Waals surface area contributed by atoms with E-state index in [4.69, 9.17) is 12.2 Å². The number of rotatable bonds is 4. The molecule has 1 aromatic rings. The van der Waals surface area contributed by atoms with Crippen molar-refractivity contribution in [2.45, 2.75) is 13.8 Å². The fraction of sp³-hybridized carbons (Fsp3) is 0.231. The maximum absolute atomic E-state index is 13.4. The molecule has 0 aliphatic carbocycles. The van der Waals surface area contributed by atoms with Crippen LogP contribution in [0.4, 0.5) is 4.39 Å². The lowest BCUT2D eigenvalue weighted by Gasteiger charge is -2.08. The smallest absolute Gasteiger partial charge is 0.187 e. The van der Waals surface area contributed by atoms with Crippen molar-refractivity contribution in [3.63, 3.8) is 0 Å². The van der Waals surface area contributed by atoms with Crippen LogP contribution >= 0.6 is 12.2 Å². The van der Waals surface area contributed by atoms with Gasteiger partial charge in [0.25, 0.3) is 0 Å². The van der Waals surface area contributed by atoms with E-state index in [1.165, 1.54) is 6.07 Å². The molecule has 0 atom stereocenters. The molecule has 0 saturated heterocycles. The van der Waals surface area contributed by atoms with E-state index in [-0.39, 0.29) is 5.82 Å². The van der Waals surface area contributed by atoms with Crippen LogP contribution in [-0.4, -0.2) is 17.4 Å². The zero-order valence-electron chi connectivity index (χ0n) is 10.5. The highest BCUT2D eigenvalue weighted by atomic mass is 32.1. The molecule has 0 unspecified atom stereocenters. The normalized spacial score (nSPS) is 10.9. The number of hydrazone groups is 1. The third-order valence-corrected chi connectivity index (χ3v) is 2.38. The van der Waals surface area contributed by atoms with Crippen LogP contribution in [0.1, 0.15) is 19.4 Å². The van der Waals surface area contributed by atoms with Gasteiger partial charge < -0.3 is 5.32 Å². The molecular weight excluding hydrogens is 249 g/mol. The van der Waals surface area contributed by atoms with Gasteiger partial charge in [0, 0.05) is 12.1 Å². The first-order chi connectivity index (χ1) is 8.50. The Morgan fingerprint density at radius 2 is 2.06 bits per heavy atom.